The second kappa shape index (κ2) is 8.34. The van der Waals surface area contributed by atoms with Crippen molar-refractivity contribution in [3.05, 3.63) is 35.9 Å². The molecule has 1 aromatic rings. The molecule has 25 heavy (non-hydrogen) atoms. The van der Waals surface area contributed by atoms with E-state index in [1.807, 2.05) is 18.2 Å². The van der Waals surface area contributed by atoms with E-state index in [0.717, 1.165) is 45.3 Å². The summed E-state index contributed by atoms with van der Waals surface area (Å²) in [4.78, 5) is 27.3. The Morgan fingerprint density at radius 1 is 1.20 bits per heavy atom. The van der Waals surface area contributed by atoms with Crippen LogP contribution in [0.1, 0.15) is 31.2 Å². The summed E-state index contributed by atoms with van der Waals surface area (Å²) < 4.78 is 0. The summed E-state index contributed by atoms with van der Waals surface area (Å²) in [5.74, 6) is -0.476. The van der Waals surface area contributed by atoms with Crippen LogP contribution in [0.4, 0.5) is 4.79 Å². The predicted molar refractivity (Wildman–Crippen MR) is 95.2 cm³/mol. The average Bonchev–Trinajstić information content (AvgIpc) is 3.39. The molecule has 1 saturated carbocycles. The van der Waals surface area contributed by atoms with Gasteiger partial charge in [-0.15, -0.1) is 0 Å². The number of aliphatic carboxylic acids is 1. The van der Waals surface area contributed by atoms with Crippen LogP contribution in [0.3, 0.4) is 0 Å². The third-order valence-electron chi connectivity index (χ3n) is 4.87. The minimum absolute atomic E-state index is 0.0838. The molecule has 1 saturated heterocycles. The van der Waals surface area contributed by atoms with Crippen molar-refractivity contribution in [3.8, 4) is 0 Å². The first-order valence-electron chi connectivity index (χ1n) is 9.13. The number of hydrogen-bond acceptors (Lipinski definition) is 3. The SMILES string of the molecule is O=C(O)CN(CC1CC1)C(=O)NC1CCCN(Cc2ccccc2)C1. The number of carbonyl (C=O) groups is 2. The predicted octanol–water partition coefficient (Wildman–Crippen LogP) is 2.16. The molecule has 0 spiro atoms. The fourth-order valence-corrected chi connectivity index (χ4v) is 3.42. The van der Waals surface area contributed by atoms with Crippen LogP contribution in [0.25, 0.3) is 0 Å². The molecule has 0 aromatic heterocycles. The molecule has 6 heteroatoms. The maximum atomic E-state index is 12.5. The second-order valence-electron chi connectivity index (χ2n) is 7.23. The fourth-order valence-electron chi connectivity index (χ4n) is 3.42. The molecule has 2 aliphatic rings. The zero-order valence-electron chi connectivity index (χ0n) is 14.6. The van der Waals surface area contributed by atoms with Gasteiger partial charge >= 0.3 is 12.0 Å². The number of hydrogen-bond donors (Lipinski definition) is 2. The van der Waals surface area contributed by atoms with E-state index >= 15 is 0 Å². The third kappa shape index (κ3) is 5.74. The number of carboxylic acid groups (broad SMARTS) is 1. The highest BCUT2D eigenvalue weighted by molar-refractivity contribution is 5.80. The van der Waals surface area contributed by atoms with Gasteiger partial charge < -0.3 is 15.3 Å². The van der Waals surface area contributed by atoms with Crippen molar-refractivity contribution in [1.82, 2.24) is 15.1 Å². The molecule has 1 aliphatic carbocycles. The van der Waals surface area contributed by atoms with Crippen molar-refractivity contribution < 1.29 is 14.7 Å². The first-order chi connectivity index (χ1) is 12.1. The van der Waals surface area contributed by atoms with E-state index in [0.29, 0.717) is 12.5 Å². The average molecular weight is 345 g/mol. The summed E-state index contributed by atoms with van der Waals surface area (Å²) in [5, 5.41) is 12.1. The van der Waals surface area contributed by atoms with Crippen molar-refractivity contribution in [2.45, 2.75) is 38.3 Å². The zero-order valence-corrected chi connectivity index (χ0v) is 14.6. The Morgan fingerprint density at radius 2 is 1.96 bits per heavy atom. The largest absolute Gasteiger partial charge is 0.480 e. The standard InChI is InChI=1S/C19H27N3O3/c23-18(24)14-22(12-16-8-9-16)19(25)20-17-7-4-10-21(13-17)11-15-5-2-1-3-6-15/h1-3,5-6,16-17H,4,7-14H2,(H,20,25)(H,23,24). The number of carbonyl (C=O) groups excluding carboxylic acids is 1. The molecular weight excluding hydrogens is 318 g/mol. The Balaban J connectivity index is 1.51. The van der Waals surface area contributed by atoms with Crippen LogP contribution in [-0.2, 0) is 11.3 Å². The van der Waals surface area contributed by atoms with Crippen LogP contribution in [-0.4, -0.2) is 59.1 Å². The van der Waals surface area contributed by atoms with Crippen molar-refractivity contribution >= 4 is 12.0 Å². The number of rotatable bonds is 7. The highest BCUT2D eigenvalue weighted by Crippen LogP contribution is 2.29. The van der Waals surface area contributed by atoms with Crippen LogP contribution in [0, 0.1) is 5.92 Å². The number of amides is 2. The van der Waals surface area contributed by atoms with E-state index < -0.39 is 5.97 Å². The van der Waals surface area contributed by atoms with E-state index in [1.54, 1.807) is 0 Å². The number of nitrogens with zero attached hydrogens (tertiary/aromatic N) is 2. The van der Waals surface area contributed by atoms with Crippen LogP contribution in [0.2, 0.25) is 0 Å². The quantitative estimate of drug-likeness (QED) is 0.794. The van der Waals surface area contributed by atoms with Crippen molar-refractivity contribution in [2.24, 2.45) is 5.92 Å². The smallest absolute Gasteiger partial charge is 0.323 e. The molecule has 6 nitrogen and oxygen atoms in total. The highest BCUT2D eigenvalue weighted by atomic mass is 16.4. The minimum atomic E-state index is -0.954. The van der Waals surface area contributed by atoms with Crippen LogP contribution < -0.4 is 5.32 Å². The monoisotopic (exact) mass is 345 g/mol. The summed E-state index contributed by atoms with van der Waals surface area (Å²) in [6, 6.07) is 10.2. The van der Waals surface area contributed by atoms with Crippen LogP contribution in [0.15, 0.2) is 30.3 Å². The minimum Gasteiger partial charge on any atom is -0.480 e. The van der Waals surface area contributed by atoms with E-state index in [-0.39, 0.29) is 18.6 Å². The van der Waals surface area contributed by atoms with Gasteiger partial charge in [0.2, 0.25) is 0 Å². The van der Waals surface area contributed by atoms with Gasteiger partial charge in [0.05, 0.1) is 0 Å². The zero-order chi connectivity index (χ0) is 17.6. The van der Waals surface area contributed by atoms with Crippen LogP contribution in [0.5, 0.6) is 0 Å². The number of carboxylic acids is 1. The molecule has 0 bridgehead atoms. The highest BCUT2D eigenvalue weighted by Gasteiger charge is 2.29. The second-order valence-corrected chi connectivity index (χ2v) is 7.23. The summed E-state index contributed by atoms with van der Waals surface area (Å²) in [6.45, 7) is 3.06. The lowest BCUT2D eigenvalue weighted by atomic mass is 10.0. The van der Waals surface area contributed by atoms with Gasteiger partial charge in [-0.2, -0.15) is 0 Å². The van der Waals surface area contributed by atoms with Gasteiger partial charge in [-0.25, -0.2) is 4.79 Å². The molecule has 1 unspecified atom stereocenters. The molecule has 1 aromatic carbocycles. The molecule has 136 valence electrons. The fraction of sp³-hybridized carbons (Fsp3) is 0.579. The molecule has 1 atom stereocenters. The summed E-state index contributed by atoms with van der Waals surface area (Å²) in [6.07, 6.45) is 4.18. The van der Waals surface area contributed by atoms with Gasteiger partial charge in [-0.3, -0.25) is 9.69 Å². The summed E-state index contributed by atoms with van der Waals surface area (Å²) >= 11 is 0. The van der Waals surface area contributed by atoms with Crippen molar-refractivity contribution in [3.63, 3.8) is 0 Å². The number of likely N-dealkylation sites (tertiary alicyclic amines) is 1. The molecular formula is C19H27N3O3. The molecule has 2 N–H and O–H groups in total. The van der Waals surface area contributed by atoms with Crippen molar-refractivity contribution in [1.29, 1.82) is 0 Å². The Morgan fingerprint density at radius 3 is 2.64 bits per heavy atom. The lowest BCUT2D eigenvalue weighted by Gasteiger charge is -2.34. The van der Waals surface area contributed by atoms with Crippen molar-refractivity contribution in [2.75, 3.05) is 26.2 Å². The molecule has 0 radical (unpaired) electrons. The lowest BCUT2D eigenvalue weighted by Crippen LogP contribution is -2.52. The maximum Gasteiger partial charge on any atom is 0.323 e. The Labute approximate surface area is 148 Å². The van der Waals surface area contributed by atoms with E-state index in [9.17, 15) is 9.59 Å². The lowest BCUT2D eigenvalue weighted by molar-refractivity contribution is -0.137. The Hall–Kier alpha value is -2.08. The first kappa shape index (κ1) is 17.7. The van der Waals surface area contributed by atoms with Gasteiger partial charge in [0.25, 0.3) is 0 Å². The number of nitrogens with one attached hydrogen (secondary N) is 1. The summed E-state index contributed by atoms with van der Waals surface area (Å²) in [5.41, 5.74) is 1.27. The van der Waals surface area contributed by atoms with E-state index in [1.165, 1.54) is 10.5 Å². The Bertz CT molecular complexity index is 589. The van der Waals surface area contributed by atoms with Gasteiger partial charge in [-0.05, 0) is 43.7 Å². The van der Waals surface area contributed by atoms with Gasteiger partial charge in [0.15, 0.2) is 0 Å². The van der Waals surface area contributed by atoms with E-state index in [2.05, 4.69) is 22.3 Å². The number of piperidine rings is 1. The molecule has 1 aliphatic heterocycles. The number of benzene rings is 1. The van der Waals surface area contributed by atoms with Gasteiger partial charge in [-0.1, -0.05) is 30.3 Å². The third-order valence-corrected chi connectivity index (χ3v) is 4.87. The normalized spacial score (nSPS) is 20.9. The van der Waals surface area contributed by atoms with Crippen LogP contribution >= 0.6 is 0 Å². The molecule has 3 rings (SSSR count). The topological polar surface area (TPSA) is 72.9 Å². The Kier molecular flexibility index (Phi) is 5.91. The number of urea groups is 1. The molecule has 2 fully saturated rings. The van der Waals surface area contributed by atoms with Gasteiger partial charge in [0.1, 0.15) is 6.54 Å². The molecule has 2 amide bonds. The summed E-state index contributed by atoms with van der Waals surface area (Å²) in [7, 11) is 0. The molecule has 1 heterocycles. The van der Waals surface area contributed by atoms with Gasteiger partial charge in [0, 0.05) is 25.7 Å². The first-order valence-corrected chi connectivity index (χ1v) is 9.13. The maximum absolute atomic E-state index is 12.5. The van der Waals surface area contributed by atoms with E-state index in [4.69, 9.17) is 5.11 Å².